The second-order valence-corrected chi connectivity index (χ2v) is 10.4. The molecule has 0 atom stereocenters. The van der Waals surface area contributed by atoms with Crippen molar-refractivity contribution in [3.05, 3.63) is 95.8 Å². The minimum Gasteiger partial charge on any atom is -0.368 e. The summed E-state index contributed by atoms with van der Waals surface area (Å²) in [7, 11) is -3.86. The van der Waals surface area contributed by atoms with E-state index in [0.717, 1.165) is 16.8 Å². The van der Waals surface area contributed by atoms with Gasteiger partial charge in [-0.15, -0.1) is 0 Å². The Morgan fingerprint density at radius 3 is 2.12 bits per heavy atom. The third kappa shape index (κ3) is 5.63. The highest BCUT2D eigenvalue weighted by atomic mass is 32.2. The van der Waals surface area contributed by atoms with Crippen molar-refractivity contribution in [2.24, 2.45) is 0 Å². The number of nitrogens with zero attached hydrogens (tertiary/aromatic N) is 3. The number of rotatable bonds is 7. The Morgan fingerprint density at radius 1 is 0.882 bits per heavy atom. The molecule has 1 amide bonds. The average molecular weight is 482 g/mol. The van der Waals surface area contributed by atoms with Gasteiger partial charge in [-0.05, 0) is 48.9 Å². The molecule has 1 fully saturated rings. The minimum atomic E-state index is -3.86. The molecule has 1 saturated heterocycles. The topological polar surface area (TPSA) is 60.9 Å². The molecular weight excluding hydrogens is 453 g/mol. The molecule has 0 radical (unpaired) electrons. The summed E-state index contributed by atoms with van der Waals surface area (Å²) in [6.07, 6.45) is 0. The van der Waals surface area contributed by atoms with Gasteiger partial charge in [0.1, 0.15) is 5.82 Å². The van der Waals surface area contributed by atoms with E-state index in [1.54, 1.807) is 47.4 Å². The third-order valence-corrected chi connectivity index (χ3v) is 7.80. The first-order valence-electron chi connectivity index (χ1n) is 11.2. The summed E-state index contributed by atoms with van der Waals surface area (Å²) >= 11 is 0. The molecule has 1 heterocycles. The van der Waals surface area contributed by atoms with Crippen molar-refractivity contribution >= 4 is 21.6 Å². The van der Waals surface area contributed by atoms with E-state index in [2.05, 4.69) is 4.90 Å². The van der Waals surface area contributed by atoms with Crippen molar-refractivity contribution in [3.8, 4) is 0 Å². The summed E-state index contributed by atoms with van der Waals surface area (Å²) < 4.78 is 41.3. The molecule has 0 saturated carbocycles. The normalized spacial score (nSPS) is 14.4. The lowest BCUT2D eigenvalue weighted by Crippen LogP contribution is -2.51. The second-order valence-electron chi connectivity index (χ2n) is 8.42. The SMILES string of the molecule is Cc1ccc(CN(CC(=O)N2CCN(c3ccc(F)cc3)CC2)S(=O)(=O)c2ccccc2)cc1. The summed E-state index contributed by atoms with van der Waals surface area (Å²) in [6, 6.07) is 22.1. The van der Waals surface area contributed by atoms with E-state index in [-0.39, 0.29) is 29.7 Å². The van der Waals surface area contributed by atoms with Crippen LogP contribution in [0.1, 0.15) is 11.1 Å². The Labute approximate surface area is 200 Å². The van der Waals surface area contributed by atoms with Crippen LogP contribution in [-0.4, -0.2) is 56.3 Å². The van der Waals surface area contributed by atoms with Crippen molar-refractivity contribution in [2.45, 2.75) is 18.4 Å². The van der Waals surface area contributed by atoms with Crippen LogP contribution in [0.5, 0.6) is 0 Å². The molecule has 0 spiro atoms. The number of anilines is 1. The molecule has 0 bridgehead atoms. The van der Waals surface area contributed by atoms with Gasteiger partial charge in [0.05, 0.1) is 11.4 Å². The molecule has 34 heavy (non-hydrogen) atoms. The van der Waals surface area contributed by atoms with Gasteiger partial charge in [-0.1, -0.05) is 48.0 Å². The van der Waals surface area contributed by atoms with Crippen LogP contribution < -0.4 is 4.90 Å². The molecule has 3 aromatic carbocycles. The van der Waals surface area contributed by atoms with E-state index >= 15 is 0 Å². The predicted octanol–water partition coefficient (Wildman–Crippen LogP) is 3.67. The Hall–Kier alpha value is -3.23. The van der Waals surface area contributed by atoms with E-state index in [1.165, 1.54) is 16.4 Å². The highest BCUT2D eigenvalue weighted by Crippen LogP contribution is 2.20. The van der Waals surface area contributed by atoms with Crippen molar-refractivity contribution in [1.29, 1.82) is 0 Å². The van der Waals surface area contributed by atoms with Gasteiger partial charge in [-0.3, -0.25) is 4.79 Å². The zero-order valence-corrected chi connectivity index (χ0v) is 19.9. The monoisotopic (exact) mass is 481 g/mol. The summed E-state index contributed by atoms with van der Waals surface area (Å²) in [5.41, 5.74) is 2.80. The van der Waals surface area contributed by atoms with Gasteiger partial charge in [0.25, 0.3) is 0 Å². The Balaban J connectivity index is 1.48. The molecule has 1 aliphatic heterocycles. The fourth-order valence-corrected chi connectivity index (χ4v) is 5.38. The molecule has 0 unspecified atom stereocenters. The average Bonchev–Trinajstić information content (AvgIpc) is 2.86. The maximum atomic E-state index is 13.4. The molecule has 178 valence electrons. The van der Waals surface area contributed by atoms with E-state index in [0.29, 0.717) is 26.2 Å². The van der Waals surface area contributed by atoms with E-state index in [4.69, 9.17) is 0 Å². The number of carbonyl (C=O) groups is 1. The molecule has 1 aliphatic rings. The van der Waals surface area contributed by atoms with E-state index in [1.807, 2.05) is 31.2 Å². The summed E-state index contributed by atoms with van der Waals surface area (Å²) in [6.45, 7) is 3.99. The summed E-state index contributed by atoms with van der Waals surface area (Å²) in [5.74, 6) is -0.517. The van der Waals surface area contributed by atoms with Crippen LogP contribution in [-0.2, 0) is 21.4 Å². The standard InChI is InChI=1S/C26H28FN3O3S/c1-21-7-9-22(10-8-21)19-30(34(32,33)25-5-3-2-4-6-25)20-26(31)29-17-15-28(16-18-29)24-13-11-23(27)12-14-24/h2-14H,15-20H2,1H3. The molecule has 0 aliphatic carbocycles. The van der Waals surface area contributed by atoms with Gasteiger partial charge in [0, 0.05) is 38.4 Å². The van der Waals surface area contributed by atoms with Crippen molar-refractivity contribution < 1.29 is 17.6 Å². The molecule has 0 N–H and O–H groups in total. The number of amides is 1. The van der Waals surface area contributed by atoms with Crippen molar-refractivity contribution in [2.75, 3.05) is 37.6 Å². The smallest absolute Gasteiger partial charge is 0.243 e. The lowest BCUT2D eigenvalue weighted by molar-refractivity contribution is -0.131. The Morgan fingerprint density at radius 2 is 1.50 bits per heavy atom. The quantitative estimate of drug-likeness (QED) is 0.517. The number of piperazine rings is 1. The van der Waals surface area contributed by atoms with E-state index in [9.17, 15) is 17.6 Å². The van der Waals surface area contributed by atoms with Crippen LogP contribution in [0.25, 0.3) is 0 Å². The van der Waals surface area contributed by atoms with Crippen LogP contribution in [0.3, 0.4) is 0 Å². The number of carbonyl (C=O) groups excluding carboxylic acids is 1. The largest absolute Gasteiger partial charge is 0.368 e. The second kappa shape index (κ2) is 10.4. The van der Waals surface area contributed by atoms with E-state index < -0.39 is 10.0 Å². The van der Waals surface area contributed by atoms with Gasteiger partial charge in [-0.2, -0.15) is 4.31 Å². The summed E-state index contributed by atoms with van der Waals surface area (Å²) in [4.78, 5) is 17.1. The molecular formula is C26H28FN3O3S. The van der Waals surface area contributed by atoms with Crippen LogP contribution in [0.2, 0.25) is 0 Å². The number of halogens is 1. The van der Waals surface area contributed by atoms with Crippen LogP contribution >= 0.6 is 0 Å². The zero-order valence-electron chi connectivity index (χ0n) is 19.1. The first kappa shape index (κ1) is 23.9. The fourth-order valence-electron chi connectivity index (χ4n) is 3.98. The number of sulfonamides is 1. The maximum absolute atomic E-state index is 13.4. The predicted molar refractivity (Wildman–Crippen MR) is 130 cm³/mol. The summed E-state index contributed by atoms with van der Waals surface area (Å²) in [5, 5.41) is 0. The molecule has 3 aromatic rings. The molecule has 4 rings (SSSR count). The third-order valence-electron chi connectivity index (χ3n) is 6.00. The minimum absolute atomic E-state index is 0.110. The highest BCUT2D eigenvalue weighted by Gasteiger charge is 2.30. The maximum Gasteiger partial charge on any atom is 0.243 e. The molecule has 6 nitrogen and oxygen atoms in total. The lowest BCUT2D eigenvalue weighted by Gasteiger charge is -2.37. The number of hydrogen-bond donors (Lipinski definition) is 0. The number of hydrogen-bond acceptors (Lipinski definition) is 4. The Bertz CT molecular complexity index is 1210. The highest BCUT2D eigenvalue weighted by molar-refractivity contribution is 7.89. The van der Waals surface area contributed by atoms with Gasteiger partial charge >= 0.3 is 0 Å². The van der Waals surface area contributed by atoms with Gasteiger partial charge in [0.2, 0.25) is 15.9 Å². The number of aryl methyl sites for hydroxylation is 1. The lowest BCUT2D eigenvalue weighted by atomic mass is 10.1. The first-order chi connectivity index (χ1) is 16.3. The molecule has 0 aromatic heterocycles. The van der Waals surface area contributed by atoms with Gasteiger partial charge < -0.3 is 9.80 Å². The van der Waals surface area contributed by atoms with Crippen LogP contribution in [0.15, 0.2) is 83.8 Å². The molecule has 8 heteroatoms. The van der Waals surface area contributed by atoms with Crippen LogP contribution in [0, 0.1) is 12.7 Å². The number of benzene rings is 3. The van der Waals surface area contributed by atoms with Crippen LogP contribution in [0.4, 0.5) is 10.1 Å². The Kier molecular flexibility index (Phi) is 7.29. The first-order valence-corrected chi connectivity index (χ1v) is 12.7. The van der Waals surface area contributed by atoms with Gasteiger partial charge in [0.15, 0.2) is 0 Å². The van der Waals surface area contributed by atoms with Crippen molar-refractivity contribution in [3.63, 3.8) is 0 Å². The zero-order chi connectivity index (χ0) is 24.1. The van der Waals surface area contributed by atoms with Crippen molar-refractivity contribution in [1.82, 2.24) is 9.21 Å². The fraction of sp³-hybridized carbons (Fsp3) is 0.269. The van der Waals surface area contributed by atoms with Gasteiger partial charge in [-0.25, -0.2) is 12.8 Å².